The molecule has 0 aliphatic rings. The van der Waals surface area contributed by atoms with Gasteiger partial charge in [0.05, 0.1) is 0 Å². The van der Waals surface area contributed by atoms with Crippen molar-refractivity contribution in [2.45, 2.75) is 6.92 Å². The van der Waals surface area contributed by atoms with Crippen LogP contribution < -0.4 is 10.2 Å². The first kappa shape index (κ1) is 14.2. The van der Waals surface area contributed by atoms with E-state index in [0.717, 1.165) is 11.1 Å². The highest BCUT2D eigenvalue weighted by Gasteiger charge is 2.11. The van der Waals surface area contributed by atoms with Crippen LogP contribution in [0.1, 0.15) is 11.1 Å². The van der Waals surface area contributed by atoms with Crippen LogP contribution in [0.2, 0.25) is 0 Å². The van der Waals surface area contributed by atoms with E-state index in [9.17, 15) is 0 Å². The van der Waals surface area contributed by atoms with Gasteiger partial charge in [0.1, 0.15) is 12.4 Å². The van der Waals surface area contributed by atoms with Crippen molar-refractivity contribution in [2.24, 2.45) is 0 Å². The quantitative estimate of drug-likeness (QED) is 0.646. The summed E-state index contributed by atoms with van der Waals surface area (Å²) in [6.07, 6.45) is 0. The van der Waals surface area contributed by atoms with Crippen LogP contribution in [-0.4, -0.2) is 23.8 Å². The van der Waals surface area contributed by atoms with Crippen molar-refractivity contribution in [2.75, 3.05) is 6.61 Å². The fourth-order valence-corrected chi connectivity index (χ4v) is 1.77. The summed E-state index contributed by atoms with van der Waals surface area (Å²) >= 11 is 0. The molecule has 0 atom stereocenters. The van der Waals surface area contributed by atoms with E-state index in [4.69, 9.17) is 14.8 Å². The predicted molar refractivity (Wildman–Crippen MR) is 79.8 cm³/mol. The van der Waals surface area contributed by atoms with Crippen LogP contribution in [0.4, 0.5) is 0 Å². The maximum atomic E-state index is 9.07. The molecule has 2 N–H and O–H groups in total. The Morgan fingerprint density at radius 2 is 1.85 bits per heavy atom. The lowest BCUT2D eigenvalue weighted by molar-refractivity contribution is 0.367. The van der Waals surface area contributed by atoms with Crippen LogP contribution in [0.5, 0.6) is 5.75 Å². The molecule has 0 bridgehead atoms. The molecule has 2 aromatic rings. The standard InChI is InChI=1S/C16H15BO3/c1-13-12-15(17(18)19)9-10-16(13)20-11-5-8-14-6-3-2-4-7-14/h2-4,6-7,9-10,12,18-19H,11H2,1H3. The number of hydrogen-bond donors (Lipinski definition) is 2. The molecule has 0 fully saturated rings. The molecule has 0 heterocycles. The lowest BCUT2D eigenvalue weighted by atomic mass is 9.79. The number of benzene rings is 2. The average molecular weight is 266 g/mol. The molecule has 2 rings (SSSR count). The van der Waals surface area contributed by atoms with Crippen LogP contribution in [0, 0.1) is 18.8 Å². The number of hydrogen-bond acceptors (Lipinski definition) is 3. The molecule has 20 heavy (non-hydrogen) atoms. The first-order valence-corrected chi connectivity index (χ1v) is 6.30. The van der Waals surface area contributed by atoms with Gasteiger partial charge in [-0.2, -0.15) is 0 Å². The minimum absolute atomic E-state index is 0.288. The normalized spacial score (nSPS) is 9.55. The van der Waals surface area contributed by atoms with Gasteiger partial charge in [-0.25, -0.2) is 0 Å². The molecule has 100 valence electrons. The first-order valence-electron chi connectivity index (χ1n) is 6.30. The van der Waals surface area contributed by atoms with Crippen molar-refractivity contribution in [3.8, 4) is 17.6 Å². The fraction of sp³-hybridized carbons (Fsp3) is 0.125. The van der Waals surface area contributed by atoms with Crippen molar-refractivity contribution in [1.82, 2.24) is 0 Å². The van der Waals surface area contributed by atoms with Crippen LogP contribution in [0.25, 0.3) is 0 Å². The monoisotopic (exact) mass is 266 g/mol. The van der Waals surface area contributed by atoms with E-state index >= 15 is 0 Å². The first-order chi connectivity index (χ1) is 9.66. The third-order valence-electron chi connectivity index (χ3n) is 2.80. The highest BCUT2D eigenvalue weighted by molar-refractivity contribution is 6.58. The summed E-state index contributed by atoms with van der Waals surface area (Å²) in [7, 11) is -1.46. The number of rotatable bonds is 3. The minimum atomic E-state index is -1.46. The van der Waals surface area contributed by atoms with Gasteiger partial charge in [0.15, 0.2) is 0 Å². The molecule has 0 saturated carbocycles. The molecule has 0 aliphatic carbocycles. The lowest BCUT2D eigenvalue weighted by Crippen LogP contribution is -2.29. The largest absolute Gasteiger partial charge is 0.488 e. The van der Waals surface area contributed by atoms with Gasteiger partial charge in [0.25, 0.3) is 0 Å². The molecule has 0 saturated heterocycles. The summed E-state index contributed by atoms with van der Waals surface area (Å²) in [4.78, 5) is 0. The van der Waals surface area contributed by atoms with E-state index in [0.29, 0.717) is 11.2 Å². The molecule has 0 radical (unpaired) electrons. The predicted octanol–water partition coefficient (Wildman–Crippen LogP) is 1.11. The van der Waals surface area contributed by atoms with E-state index in [1.165, 1.54) is 0 Å². The average Bonchev–Trinajstić information content (AvgIpc) is 2.46. The third kappa shape index (κ3) is 3.89. The Labute approximate surface area is 119 Å². The molecule has 3 nitrogen and oxygen atoms in total. The van der Waals surface area contributed by atoms with Crippen LogP contribution in [0.3, 0.4) is 0 Å². The van der Waals surface area contributed by atoms with Gasteiger partial charge < -0.3 is 14.8 Å². The van der Waals surface area contributed by atoms with Crippen molar-refractivity contribution in [3.05, 3.63) is 59.7 Å². The lowest BCUT2D eigenvalue weighted by Gasteiger charge is -2.08. The maximum Gasteiger partial charge on any atom is 0.488 e. The molecular weight excluding hydrogens is 251 g/mol. The van der Waals surface area contributed by atoms with E-state index in [2.05, 4.69) is 11.8 Å². The molecule has 0 amide bonds. The van der Waals surface area contributed by atoms with Gasteiger partial charge in [-0.1, -0.05) is 42.2 Å². The van der Waals surface area contributed by atoms with Gasteiger partial charge in [-0.05, 0) is 36.1 Å². The molecule has 2 aromatic carbocycles. The number of ether oxygens (including phenoxy) is 1. The van der Waals surface area contributed by atoms with Crippen molar-refractivity contribution >= 4 is 12.6 Å². The van der Waals surface area contributed by atoms with Gasteiger partial charge in [0, 0.05) is 5.56 Å². The number of aryl methyl sites for hydroxylation is 1. The second kappa shape index (κ2) is 6.81. The Kier molecular flexibility index (Phi) is 4.83. The molecule has 4 heteroatoms. The third-order valence-corrected chi connectivity index (χ3v) is 2.80. The van der Waals surface area contributed by atoms with E-state index in [1.54, 1.807) is 18.2 Å². The summed E-state index contributed by atoms with van der Waals surface area (Å²) in [6.45, 7) is 2.14. The van der Waals surface area contributed by atoms with Crippen molar-refractivity contribution < 1.29 is 14.8 Å². The zero-order valence-electron chi connectivity index (χ0n) is 11.2. The highest BCUT2D eigenvalue weighted by atomic mass is 16.5. The Bertz CT molecular complexity index is 627. The smallest absolute Gasteiger partial charge is 0.481 e. The highest BCUT2D eigenvalue weighted by Crippen LogP contribution is 2.15. The van der Waals surface area contributed by atoms with E-state index in [-0.39, 0.29) is 6.61 Å². The summed E-state index contributed by atoms with van der Waals surface area (Å²) in [5, 5.41) is 18.1. The molecule has 0 aromatic heterocycles. The summed E-state index contributed by atoms with van der Waals surface area (Å²) < 4.78 is 5.56. The summed E-state index contributed by atoms with van der Waals surface area (Å²) in [5.41, 5.74) is 2.24. The zero-order chi connectivity index (χ0) is 14.4. The van der Waals surface area contributed by atoms with E-state index in [1.807, 2.05) is 37.3 Å². The second-order valence-electron chi connectivity index (χ2n) is 4.36. The molecular formula is C16H15BO3. The van der Waals surface area contributed by atoms with Crippen LogP contribution in [0.15, 0.2) is 48.5 Å². The van der Waals surface area contributed by atoms with Gasteiger partial charge >= 0.3 is 7.12 Å². The van der Waals surface area contributed by atoms with Crippen molar-refractivity contribution in [1.29, 1.82) is 0 Å². The van der Waals surface area contributed by atoms with Gasteiger partial charge in [-0.15, -0.1) is 0 Å². The Morgan fingerprint density at radius 3 is 2.50 bits per heavy atom. The summed E-state index contributed by atoms with van der Waals surface area (Å²) in [5.74, 6) is 6.64. The Balaban J connectivity index is 1.97. The maximum absolute atomic E-state index is 9.07. The zero-order valence-corrected chi connectivity index (χ0v) is 11.2. The topological polar surface area (TPSA) is 49.7 Å². The summed E-state index contributed by atoms with van der Waals surface area (Å²) in [6, 6.07) is 14.7. The van der Waals surface area contributed by atoms with Crippen LogP contribution >= 0.6 is 0 Å². The minimum Gasteiger partial charge on any atom is -0.481 e. The van der Waals surface area contributed by atoms with E-state index < -0.39 is 7.12 Å². The van der Waals surface area contributed by atoms with Crippen LogP contribution in [-0.2, 0) is 0 Å². The van der Waals surface area contributed by atoms with Gasteiger partial charge in [0.2, 0.25) is 0 Å². The fourth-order valence-electron chi connectivity index (χ4n) is 1.77. The SMILES string of the molecule is Cc1cc(B(O)O)ccc1OCC#Cc1ccccc1. The Morgan fingerprint density at radius 1 is 1.10 bits per heavy atom. The second-order valence-corrected chi connectivity index (χ2v) is 4.36. The van der Waals surface area contributed by atoms with Gasteiger partial charge in [-0.3, -0.25) is 0 Å². The molecule has 0 spiro atoms. The molecule has 0 unspecified atom stereocenters. The van der Waals surface area contributed by atoms with Crippen molar-refractivity contribution in [3.63, 3.8) is 0 Å². The molecule has 0 aliphatic heterocycles. The Hall–Kier alpha value is -2.22.